The Bertz CT molecular complexity index is 1910. The van der Waals surface area contributed by atoms with Gasteiger partial charge in [0.2, 0.25) is 5.91 Å². The van der Waals surface area contributed by atoms with Crippen LogP contribution in [0.3, 0.4) is 0 Å². The van der Waals surface area contributed by atoms with E-state index in [2.05, 4.69) is 64.9 Å². The molecule has 276 valence electrons. The lowest BCUT2D eigenvalue weighted by Gasteiger charge is -2.45. The van der Waals surface area contributed by atoms with Gasteiger partial charge < -0.3 is 14.8 Å². The topological polar surface area (TPSA) is 61.8 Å². The van der Waals surface area contributed by atoms with Gasteiger partial charge in [0, 0.05) is 28.7 Å². The molecule has 4 aromatic rings. The number of amides is 1. The zero-order chi connectivity index (χ0) is 37.8. The number of hydrogen-bond donors (Lipinski definition) is 2. The minimum atomic E-state index is -2.41. The first kappa shape index (κ1) is 38.7. The van der Waals surface area contributed by atoms with Crippen molar-refractivity contribution in [2.75, 3.05) is 11.9 Å². The van der Waals surface area contributed by atoms with Crippen LogP contribution in [0.1, 0.15) is 88.3 Å². The molecule has 9 heteroatoms. The van der Waals surface area contributed by atoms with Gasteiger partial charge >= 0.3 is 0 Å². The Labute approximate surface area is 319 Å². The first-order valence-electron chi connectivity index (χ1n) is 18.1. The Morgan fingerprint density at radius 1 is 0.904 bits per heavy atom. The molecular formula is C43H51Cl2FN2O3Si. The molecule has 0 radical (unpaired) electrons. The third-order valence-electron chi connectivity index (χ3n) is 11.6. The quantitative estimate of drug-likeness (QED) is 0.167. The van der Waals surface area contributed by atoms with Crippen molar-refractivity contribution in [3.05, 3.63) is 135 Å². The first-order chi connectivity index (χ1) is 24.4. The van der Waals surface area contributed by atoms with Gasteiger partial charge in [-0.2, -0.15) is 0 Å². The van der Waals surface area contributed by atoms with Crippen LogP contribution in [-0.4, -0.2) is 42.9 Å². The number of likely N-dealkylation sites (tertiary alicyclic amines) is 1. The molecule has 4 aromatic carbocycles. The van der Waals surface area contributed by atoms with E-state index in [4.69, 9.17) is 27.6 Å². The maximum atomic E-state index is 16.8. The van der Waals surface area contributed by atoms with E-state index in [1.54, 1.807) is 30.3 Å². The summed E-state index contributed by atoms with van der Waals surface area (Å²) in [5, 5.41) is 16.2. The molecule has 6 atom stereocenters. The number of anilines is 1. The largest absolute Gasteiger partial charge is 0.415 e. The number of benzene rings is 4. The highest BCUT2D eigenvalue weighted by atomic mass is 35.5. The number of carbonyl (C=O) groups is 1. The van der Waals surface area contributed by atoms with Gasteiger partial charge in [-0.15, -0.1) is 0 Å². The Balaban J connectivity index is 1.73. The van der Waals surface area contributed by atoms with E-state index >= 15 is 9.18 Å². The van der Waals surface area contributed by atoms with Gasteiger partial charge in [0.05, 0.1) is 23.8 Å². The summed E-state index contributed by atoms with van der Waals surface area (Å²) in [5.41, 5.74) is 1.71. The SMILES string of the molecule is CC(C)(C)CC1N(C(c2ccccc2)C(O)c2ccccc2)C(CO[Si](C)(C)C(C)(C)C)C(c2cccc(Cl)c2F)C12C(=O)Nc1cc(Cl)ccc12. The number of halogens is 3. The van der Waals surface area contributed by atoms with Crippen molar-refractivity contribution in [2.45, 2.75) is 102 Å². The van der Waals surface area contributed by atoms with Gasteiger partial charge in [-0.05, 0) is 70.4 Å². The van der Waals surface area contributed by atoms with E-state index in [9.17, 15) is 5.11 Å². The van der Waals surface area contributed by atoms with Crippen molar-refractivity contribution in [1.29, 1.82) is 0 Å². The van der Waals surface area contributed by atoms with Crippen molar-refractivity contribution in [3.8, 4) is 0 Å². The number of aliphatic hydroxyl groups excluding tert-OH is 1. The number of nitrogens with one attached hydrogen (secondary N) is 1. The Morgan fingerprint density at radius 2 is 1.52 bits per heavy atom. The predicted molar refractivity (Wildman–Crippen MR) is 213 cm³/mol. The zero-order valence-corrected chi connectivity index (χ0v) is 33.9. The fourth-order valence-electron chi connectivity index (χ4n) is 8.27. The monoisotopic (exact) mass is 760 g/mol. The molecule has 1 saturated heterocycles. The van der Waals surface area contributed by atoms with E-state index in [1.165, 1.54) is 0 Å². The van der Waals surface area contributed by atoms with Gasteiger partial charge in [0.25, 0.3) is 0 Å². The van der Waals surface area contributed by atoms with Crippen molar-refractivity contribution < 1.29 is 18.7 Å². The molecule has 1 amide bonds. The average molecular weight is 762 g/mol. The van der Waals surface area contributed by atoms with Gasteiger partial charge in [-0.25, -0.2) is 4.39 Å². The normalized spacial score (nSPS) is 23.5. The summed E-state index contributed by atoms with van der Waals surface area (Å²) in [6.45, 7) is 17.7. The third-order valence-corrected chi connectivity index (χ3v) is 16.7. The lowest BCUT2D eigenvalue weighted by atomic mass is 9.62. The maximum Gasteiger partial charge on any atom is 0.237 e. The molecule has 0 bridgehead atoms. The summed E-state index contributed by atoms with van der Waals surface area (Å²) >= 11 is 13.2. The van der Waals surface area contributed by atoms with Crippen LogP contribution in [0.25, 0.3) is 0 Å². The third kappa shape index (κ3) is 6.89. The predicted octanol–water partition coefficient (Wildman–Crippen LogP) is 11.1. The second-order valence-electron chi connectivity index (χ2n) is 17.2. The van der Waals surface area contributed by atoms with Crippen LogP contribution in [0.5, 0.6) is 0 Å². The number of rotatable bonds is 9. The van der Waals surface area contributed by atoms with Crippen molar-refractivity contribution in [2.24, 2.45) is 5.41 Å². The van der Waals surface area contributed by atoms with E-state index in [1.807, 2.05) is 66.7 Å². The average Bonchev–Trinajstić information content (AvgIpc) is 3.51. The molecule has 0 saturated carbocycles. The molecule has 2 aliphatic rings. The highest BCUT2D eigenvalue weighted by Crippen LogP contribution is 2.63. The molecule has 5 nitrogen and oxygen atoms in total. The fourth-order valence-corrected chi connectivity index (χ4v) is 9.64. The highest BCUT2D eigenvalue weighted by Gasteiger charge is 2.69. The van der Waals surface area contributed by atoms with Crippen LogP contribution >= 0.6 is 23.2 Å². The summed E-state index contributed by atoms with van der Waals surface area (Å²) in [7, 11) is -2.41. The molecule has 6 rings (SSSR count). The Hall–Kier alpha value is -3.04. The molecular weight excluding hydrogens is 710 g/mol. The lowest BCUT2D eigenvalue weighted by molar-refractivity contribution is -0.123. The number of aliphatic hydroxyl groups is 1. The first-order valence-corrected chi connectivity index (χ1v) is 21.8. The number of hydrogen-bond acceptors (Lipinski definition) is 4. The van der Waals surface area contributed by atoms with Crippen LogP contribution in [0.2, 0.25) is 28.2 Å². The number of carbonyl (C=O) groups excluding carboxylic acids is 1. The molecule has 2 N–H and O–H groups in total. The molecule has 6 unspecified atom stereocenters. The lowest BCUT2D eigenvalue weighted by Crippen LogP contribution is -2.52. The van der Waals surface area contributed by atoms with E-state index < -0.39 is 49.7 Å². The van der Waals surface area contributed by atoms with Crippen molar-refractivity contribution in [1.82, 2.24) is 4.90 Å². The Morgan fingerprint density at radius 3 is 2.12 bits per heavy atom. The van der Waals surface area contributed by atoms with Gasteiger partial charge in [0.15, 0.2) is 8.32 Å². The summed E-state index contributed by atoms with van der Waals surface area (Å²) in [5.74, 6) is -1.55. The fraction of sp³-hybridized carbons (Fsp3) is 0.419. The van der Waals surface area contributed by atoms with Gasteiger partial charge in [-0.3, -0.25) is 9.69 Å². The molecule has 1 spiro atoms. The van der Waals surface area contributed by atoms with Gasteiger partial charge in [0.1, 0.15) is 11.2 Å². The summed E-state index contributed by atoms with van der Waals surface area (Å²) in [6.07, 6.45) is -0.460. The maximum absolute atomic E-state index is 16.8. The minimum Gasteiger partial charge on any atom is -0.415 e. The van der Waals surface area contributed by atoms with Crippen LogP contribution < -0.4 is 5.32 Å². The Kier molecular flexibility index (Phi) is 10.6. The highest BCUT2D eigenvalue weighted by molar-refractivity contribution is 6.74. The van der Waals surface area contributed by atoms with E-state index in [-0.39, 0.29) is 28.0 Å². The van der Waals surface area contributed by atoms with Gasteiger partial charge in [-0.1, -0.05) is 144 Å². The summed E-state index contributed by atoms with van der Waals surface area (Å²) in [4.78, 5) is 17.6. The molecule has 1 fully saturated rings. The standard InChI is InChI=1S/C43H51Cl2FN2O3Si/c1-41(2,3)25-35-43(31-23-22-29(44)24-33(31)47-40(43)50)36(30-20-15-21-32(45)37(30)46)34(26-51-52(7,8)42(4,5)6)48(35)38(27-16-11-9-12-17-27)39(49)28-18-13-10-14-19-28/h9-24,34-36,38-39,49H,25-26H2,1-8H3,(H,47,50). The second-order valence-corrected chi connectivity index (χ2v) is 22.9. The van der Waals surface area contributed by atoms with Crippen LogP contribution in [0.4, 0.5) is 10.1 Å². The van der Waals surface area contributed by atoms with Crippen LogP contribution in [-0.2, 0) is 14.6 Å². The molecule has 2 heterocycles. The molecule has 0 aliphatic carbocycles. The molecule has 2 aliphatic heterocycles. The zero-order valence-electron chi connectivity index (χ0n) is 31.4. The van der Waals surface area contributed by atoms with Crippen LogP contribution in [0, 0.1) is 11.2 Å². The van der Waals surface area contributed by atoms with Crippen LogP contribution in [0.15, 0.2) is 97.1 Å². The van der Waals surface area contributed by atoms with E-state index in [0.29, 0.717) is 22.7 Å². The minimum absolute atomic E-state index is 0.0128. The summed E-state index contributed by atoms with van der Waals surface area (Å²) in [6, 6.07) is 28.4. The smallest absolute Gasteiger partial charge is 0.237 e. The van der Waals surface area contributed by atoms with Crippen molar-refractivity contribution in [3.63, 3.8) is 0 Å². The second kappa shape index (κ2) is 14.3. The summed E-state index contributed by atoms with van der Waals surface area (Å²) < 4.78 is 24.0. The molecule has 0 aromatic heterocycles. The number of fused-ring (bicyclic) bond motifs is 2. The van der Waals surface area contributed by atoms with E-state index in [0.717, 1.165) is 16.7 Å². The van der Waals surface area contributed by atoms with Crippen molar-refractivity contribution >= 4 is 43.1 Å². The number of nitrogens with zero attached hydrogens (tertiary/aromatic N) is 1. The molecule has 52 heavy (non-hydrogen) atoms.